The molecule has 0 radical (unpaired) electrons. The molecule has 0 bridgehead atoms. The van der Waals surface area contributed by atoms with E-state index in [1.165, 1.54) is 0 Å². The fourth-order valence-corrected chi connectivity index (χ4v) is 2.76. The van der Waals surface area contributed by atoms with Crippen LogP contribution in [0.4, 0.5) is 5.82 Å². The van der Waals surface area contributed by atoms with Gasteiger partial charge in [0, 0.05) is 37.7 Å². The van der Waals surface area contributed by atoms with Crippen LogP contribution in [0.25, 0.3) is 0 Å². The number of nitrogens with zero attached hydrogens (tertiary/aromatic N) is 4. The normalized spacial score (nSPS) is 21.5. The zero-order chi connectivity index (χ0) is 15.5. The van der Waals surface area contributed by atoms with Crippen LogP contribution >= 0.6 is 0 Å². The third kappa shape index (κ3) is 2.97. The summed E-state index contributed by atoms with van der Waals surface area (Å²) in [6, 6.07) is 2.09. The number of hydrogen-bond acceptors (Lipinski definition) is 5. The van der Waals surface area contributed by atoms with Crippen LogP contribution in [0.15, 0.2) is 24.7 Å². The number of ether oxygens (including phenoxy) is 1. The zero-order valence-corrected chi connectivity index (χ0v) is 13.4. The maximum Gasteiger partial charge on any atom is 0.140 e. The molecule has 0 unspecified atom stereocenters. The van der Waals surface area contributed by atoms with Crippen molar-refractivity contribution in [2.45, 2.75) is 51.8 Å². The predicted octanol–water partition coefficient (Wildman–Crippen LogP) is 2.76. The minimum absolute atomic E-state index is 0.0348. The average Bonchev–Trinajstić information content (AvgIpc) is 3.15. The molecule has 118 valence electrons. The lowest BCUT2D eigenvalue weighted by Crippen LogP contribution is -2.26. The monoisotopic (exact) mass is 301 g/mol. The van der Waals surface area contributed by atoms with Crippen LogP contribution in [-0.2, 0) is 11.3 Å². The van der Waals surface area contributed by atoms with Crippen LogP contribution in [0, 0.1) is 0 Å². The quantitative estimate of drug-likeness (QED) is 0.920. The summed E-state index contributed by atoms with van der Waals surface area (Å²) in [5, 5.41) is 3.50. The Bertz CT molecular complexity index is 625. The van der Waals surface area contributed by atoms with Crippen molar-refractivity contribution in [1.82, 2.24) is 19.5 Å². The van der Waals surface area contributed by atoms with Gasteiger partial charge in [-0.2, -0.15) is 0 Å². The van der Waals surface area contributed by atoms with Crippen molar-refractivity contribution in [2.75, 3.05) is 11.9 Å². The molecule has 0 amide bonds. The van der Waals surface area contributed by atoms with Crippen molar-refractivity contribution >= 4 is 5.82 Å². The first kappa shape index (κ1) is 15.0. The summed E-state index contributed by atoms with van der Waals surface area (Å²) in [5.74, 6) is 3.01. The third-order valence-electron chi connectivity index (χ3n) is 3.96. The van der Waals surface area contributed by atoms with Gasteiger partial charge < -0.3 is 14.6 Å². The van der Waals surface area contributed by atoms with Crippen molar-refractivity contribution in [2.24, 2.45) is 0 Å². The van der Waals surface area contributed by atoms with Gasteiger partial charge in [-0.1, -0.05) is 13.8 Å². The van der Waals surface area contributed by atoms with Gasteiger partial charge in [-0.25, -0.2) is 15.0 Å². The maximum atomic E-state index is 5.91. The molecule has 0 spiro atoms. The largest absolute Gasteiger partial charge is 0.368 e. The highest BCUT2D eigenvalue weighted by molar-refractivity contribution is 5.36. The van der Waals surface area contributed by atoms with E-state index in [2.05, 4.69) is 45.6 Å². The van der Waals surface area contributed by atoms with Crippen molar-refractivity contribution < 1.29 is 4.74 Å². The summed E-state index contributed by atoms with van der Waals surface area (Å²) in [6.07, 6.45) is 6.55. The number of imidazole rings is 1. The fraction of sp³-hybridized carbons (Fsp3) is 0.562. The lowest BCUT2D eigenvalue weighted by atomic mass is 10.1. The van der Waals surface area contributed by atoms with Crippen molar-refractivity contribution in [1.29, 1.82) is 0 Å². The van der Waals surface area contributed by atoms with Gasteiger partial charge in [-0.3, -0.25) is 0 Å². The molecule has 1 aliphatic heterocycles. The van der Waals surface area contributed by atoms with E-state index in [4.69, 9.17) is 4.74 Å². The third-order valence-corrected chi connectivity index (χ3v) is 3.96. The molecular weight excluding hydrogens is 278 g/mol. The Kier molecular flexibility index (Phi) is 4.38. The van der Waals surface area contributed by atoms with Gasteiger partial charge in [-0.15, -0.1) is 0 Å². The summed E-state index contributed by atoms with van der Waals surface area (Å²) in [6.45, 7) is 7.94. The molecule has 2 aromatic rings. The molecule has 0 saturated carbocycles. The molecule has 3 heterocycles. The lowest BCUT2D eigenvalue weighted by molar-refractivity contribution is 0.0976. The molecule has 0 aromatic carbocycles. The van der Waals surface area contributed by atoms with Crippen molar-refractivity contribution in [3.8, 4) is 0 Å². The van der Waals surface area contributed by atoms with E-state index in [0.29, 0.717) is 5.92 Å². The van der Waals surface area contributed by atoms with Gasteiger partial charge in [0.2, 0.25) is 0 Å². The fourth-order valence-electron chi connectivity index (χ4n) is 2.76. The summed E-state index contributed by atoms with van der Waals surface area (Å²) >= 11 is 0. The highest BCUT2D eigenvalue weighted by atomic mass is 16.5. The van der Waals surface area contributed by atoms with E-state index < -0.39 is 0 Å². The summed E-state index contributed by atoms with van der Waals surface area (Å²) in [7, 11) is 0. The van der Waals surface area contributed by atoms with Gasteiger partial charge >= 0.3 is 0 Å². The van der Waals surface area contributed by atoms with Crippen LogP contribution in [0.3, 0.4) is 0 Å². The van der Waals surface area contributed by atoms with Gasteiger partial charge in [0.05, 0.1) is 6.04 Å². The smallest absolute Gasteiger partial charge is 0.140 e. The first-order valence-electron chi connectivity index (χ1n) is 7.91. The van der Waals surface area contributed by atoms with E-state index >= 15 is 0 Å². The molecule has 1 aliphatic rings. The standard InChI is InChI=1S/C16H23N5O/c1-4-21-9-8-18-16(21)14-12(6-10-22-14)19-13-5-7-17-15(20-13)11(2)3/h5,7-9,11-12,14H,4,6,10H2,1-3H3,(H,17,19,20)/t12-,14-/m0/s1. The first-order valence-corrected chi connectivity index (χ1v) is 7.91. The molecule has 6 heteroatoms. The average molecular weight is 301 g/mol. The van der Waals surface area contributed by atoms with Gasteiger partial charge in [-0.05, 0) is 19.4 Å². The minimum atomic E-state index is -0.0348. The molecule has 6 nitrogen and oxygen atoms in total. The molecule has 2 aromatic heterocycles. The second kappa shape index (κ2) is 6.44. The van der Waals surface area contributed by atoms with Crippen molar-refractivity contribution in [3.63, 3.8) is 0 Å². The van der Waals surface area contributed by atoms with Crippen LogP contribution < -0.4 is 5.32 Å². The molecule has 1 N–H and O–H groups in total. The molecule has 0 aliphatic carbocycles. The molecule has 1 saturated heterocycles. The number of hydrogen-bond donors (Lipinski definition) is 1. The van der Waals surface area contributed by atoms with E-state index in [-0.39, 0.29) is 12.1 Å². The number of nitrogens with one attached hydrogen (secondary N) is 1. The van der Waals surface area contributed by atoms with E-state index in [0.717, 1.165) is 37.0 Å². The number of aryl methyl sites for hydroxylation is 1. The van der Waals surface area contributed by atoms with E-state index in [1.807, 2.05) is 24.7 Å². The summed E-state index contributed by atoms with van der Waals surface area (Å²) in [4.78, 5) is 13.4. The van der Waals surface area contributed by atoms with Gasteiger partial charge in [0.25, 0.3) is 0 Å². The second-order valence-corrected chi connectivity index (χ2v) is 5.86. The summed E-state index contributed by atoms with van der Waals surface area (Å²) in [5.41, 5.74) is 0. The zero-order valence-electron chi connectivity index (χ0n) is 13.4. The van der Waals surface area contributed by atoms with Crippen LogP contribution in [0.5, 0.6) is 0 Å². The van der Waals surface area contributed by atoms with Gasteiger partial charge in [0.1, 0.15) is 23.6 Å². The molecule has 3 rings (SSSR count). The Morgan fingerprint density at radius 3 is 3.00 bits per heavy atom. The number of rotatable bonds is 5. The van der Waals surface area contributed by atoms with E-state index in [1.54, 1.807) is 0 Å². The molecule has 1 fully saturated rings. The maximum absolute atomic E-state index is 5.91. The Morgan fingerprint density at radius 1 is 1.36 bits per heavy atom. The summed E-state index contributed by atoms with van der Waals surface area (Å²) < 4.78 is 8.04. The molecular formula is C16H23N5O. The Balaban J connectivity index is 1.78. The second-order valence-electron chi connectivity index (χ2n) is 5.86. The van der Waals surface area contributed by atoms with Crippen LogP contribution in [0.1, 0.15) is 50.9 Å². The highest BCUT2D eigenvalue weighted by Gasteiger charge is 2.33. The molecule has 2 atom stereocenters. The number of aromatic nitrogens is 4. The Morgan fingerprint density at radius 2 is 2.23 bits per heavy atom. The minimum Gasteiger partial charge on any atom is -0.368 e. The SMILES string of the molecule is CCn1ccnc1[C@H]1OCC[C@@H]1Nc1ccnc(C(C)C)n1. The van der Waals surface area contributed by atoms with Crippen molar-refractivity contribution in [3.05, 3.63) is 36.3 Å². The predicted molar refractivity (Wildman–Crippen MR) is 84.7 cm³/mol. The Hall–Kier alpha value is -1.95. The first-order chi connectivity index (χ1) is 10.7. The lowest BCUT2D eigenvalue weighted by Gasteiger charge is -2.21. The highest BCUT2D eigenvalue weighted by Crippen LogP contribution is 2.30. The van der Waals surface area contributed by atoms with E-state index in [9.17, 15) is 0 Å². The van der Waals surface area contributed by atoms with Crippen LogP contribution in [-0.4, -0.2) is 32.2 Å². The van der Waals surface area contributed by atoms with Gasteiger partial charge in [0.15, 0.2) is 0 Å². The number of anilines is 1. The van der Waals surface area contributed by atoms with Crippen LogP contribution in [0.2, 0.25) is 0 Å². The Labute approximate surface area is 131 Å². The molecule has 22 heavy (non-hydrogen) atoms. The topological polar surface area (TPSA) is 64.9 Å².